The highest BCUT2D eigenvalue weighted by atomic mass is 16.6. The summed E-state index contributed by atoms with van der Waals surface area (Å²) in [6.07, 6.45) is 0.854. The number of hydrogen-bond donors (Lipinski definition) is 1. The second-order valence-corrected chi connectivity index (χ2v) is 5.81. The molecule has 0 radical (unpaired) electrons. The number of nitrogens with one attached hydrogen (secondary N) is 1. The Bertz CT molecular complexity index is 357. The fourth-order valence-electron chi connectivity index (χ4n) is 1.42. The molecule has 116 valence electrons. The quantitative estimate of drug-likeness (QED) is 0.597. The zero-order chi connectivity index (χ0) is 16.0. The molecule has 0 aliphatic carbocycles. The van der Waals surface area contributed by atoms with Gasteiger partial charge in [-0.1, -0.05) is 6.08 Å². The number of amides is 1. The lowest BCUT2D eigenvalue weighted by Crippen LogP contribution is -2.56. The number of alkyl carbamates (subject to hydrolysis) is 1. The van der Waals surface area contributed by atoms with Crippen LogP contribution in [0.4, 0.5) is 4.79 Å². The maximum absolute atomic E-state index is 11.8. The van der Waals surface area contributed by atoms with Crippen LogP contribution in [0.3, 0.4) is 0 Å². The zero-order valence-electron chi connectivity index (χ0n) is 13.1. The first kappa shape index (κ1) is 18.4. The van der Waals surface area contributed by atoms with Crippen LogP contribution in [0.25, 0.3) is 0 Å². The van der Waals surface area contributed by atoms with Gasteiger partial charge >= 0.3 is 12.1 Å². The van der Waals surface area contributed by atoms with Crippen molar-refractivity contribution in [3.63, 3.8) is 0 Å². The molecule has 0 aromatic rings. The average molecular weight is 287 g/mol. The number of carbonyl (C=O) groups is 2. The van der Waals surface area contributed by atoms with Gasteiger partial charge in [-0.05, 0) is 34.6 Å². The standard InChI is InChI=1S/C14H25NO5/c1-8-9-19-14(5,6)10(11(16)18-7)15-12(17)20-13(2,3)4/h8,10H,1,9H2,2-7H3,(H,15,17)/t10-/m1/s1. The van der Waals surface area contributed by atoms with E-state index in [1.807, 2.05) is 0 Å². The van der Waals surface area contributed by atoms with E-state index in [1.165, 1.54) is 7.11 Å². The SMILES string of the molecule is C=CCOC(C)(C)[C@H](NC(=O)OC(C)(C)C)C(=O)OC. The van der Waals surface area contributed by atoms with Crippen LogP contribution in [0.15, 0.2) is 12.7 Å². The van der Waals surface area contributed by atoms with Gasteiger partial charge in [0, 0.05) is 0 Å². The van der Waals surface area contributed by atoms with E-state index >= 15 is 0 Å². The largest absolute Gasteiger partial charge is 0.467 e. The summed E-state index contributed by atoms with van der Waals surface area (Å²) in [7, 11) is 1.25. The average Bonchev–Trinajstić information content (AvgIpc) is 2.30. The number of esters is 1. The van der Waals surface area contributed by atoms with E-state index < -0.39 is 29.3 Å². The molecule has 0 saturated heterocycles. The minimum absolute atomic E-state index is 0.247. The number of hydrogen-bond acceptors (Lipinski definition) is 5. The lowest BCUT2D eigenvalue weighted by Gasteiger charge is -2.33. The first-order valence-electron chi connectivity index (χ1n) is 6.35. The molecule has 0 aliphatic heterocycles. The van der Waals surface area contributed by atoms with Crippen LogP contribution in [0.1, 0.15) is 34.6 Å². The maximum Gasteiger partial charge on any atom is 0.408 e. The van der Waals surface area contributed by atoms with E-state index in [-0.39, 0.29) is 6.61 Å². The molecule has 0 unspecified atom stereocenters. The Kier molecular flexibility index (Phi) is 6.72. The Labute approximate surface area is 120 Å². The van der Waals surface area contributed by atoms with E-state index in [9.17, 15) is 9.59 Å². The second kappa shape index (κ2) is 7.28. The van der Waals surface area contributed by atoms with Crippen molar-refractivity contribution in [2.75, 3.05) is 13.7 Å². The highest BCUT2D eigenvalue weighted by molar-refractivity contribution is 5.82. The Morgan fingerprint density at radius 3 is 2.20 bits per heavy atom. The fraction of sp³-hybridized carbons (Fsp3) is 0.714. The summed E-state index contributed by atoms with van der Waals surface area (Å²) in [4.78, 5) is 23.6. The lowest BCUT2D eigenvalue weighted by atomic mass is 9.98. The maximum atomic E-state index is 11.8. The molecule has 0 rings (SSSR count). The van der Waals surface area contributed by atoms with Crippen molar-refractivity contribution in [2.24, 2.45) is 0 Å². The first-order valence-corrected chi connectivity index (χ1v) is 6.35. The van der Waals surface area contributed by atoms with Gasteiger partial charge < -0.3 is 19.5 Å². The van der Waals surface area contributed by atoms with Crippen LogP contribution in [-0.4, -0.2) is 43.0 Å². The molecule has 0 aromatic heterocycles. The number of ether oxygens (including phenoxy) is 3. The third-order valence-electron chi connectivity index (χ3n) is 2.37. The predicted molar refractivity (Wildman–Crippen MR) is 75.4 cm³/mol. The first-order chi connectivity index (χ1) is 9.03. The van der Waals surface area contributed by atoms with Crippen LogP contribution in [0, 0.1) is 0 Å². The van der Waals surface area contributed by atoms with E-state index in [4.69, 9.17) is 14.2 Å². The Hall–Kier alpha value is -1.56. The van der Waals surface area contributed by atoms with E-state index in [0.29, 0.717) is 0 Å². The minimum Gasteiger partial charge on any atom is -0.467 e. The van der Waals surface area contributed by atoms with Crippen LogP contribution in [0.5, 0.6) is 0 Å². The normalized spacial score (nSPS) is 13.3. The molecule has 0 saturated carbocycles. The number of methoxy groups -OCH3 is 1. The van der Waals surface area contributed by atoms with Gasteiger partial charge in [0.25, 0.3) is 0 Å². The van der Waals surface area contributed by atoms with Gasteiger partial charge in [-0.25, -0.2) is 9.59 Å². The zero-order valence-corrected chi connectivity index (χ0v) is 13.1. The summed E-state index contributed by atoms with van der Waals surface area (Å²) in [5.41, 5.74) is -1.62. The molecule has 1 N–H and O–H groups in total. The van der Waals surface area contributed by atoms with Crippen LogP contribution >= 0.6 is 0 Å². The molecule has 6 nitrogen and oxygen atoms in total. The molecule has 20 heavy (non-hydrogen) atoms. The summed E-state index contributed by atoms with van der Waals surface area (Å²) < 4.78 is 15.3. The molecule has 0 heterocycles. The summed E-state index contributed by atoms with van der Waals surface area (Å²) in [6.45, 7) is 12.3. The molecule has 0 fully saturated rings. The van der Waals surface area contributed by atoms with Crippen molar-refractivity contribution >= 4 is 12.1 Å². The summed E-state index contributed by atoms with van der Waals surface area (Å²) >= 11 is 0. The highest BCUT2D eigenvalue weighted by Crippen LogP contribution is 2.17. The van der Waals surface area contributed by atoms with Gasteiger partial charge in [-0.15, -0.1) is 6.58 Å². The molecule has 1 atom stereocenters. The molecule has 0 bridgehead atoms. The van der Waals surface area contributed by atoms with Crippen LogP contribution < -0.4 is 5.32 Å². The molecule has 6 heteroatoms. The van der Waals surface area contributed by atoms with Crippen molar-refractivity contribution < 1.29 is 23.8 Å². The second-order valence-electron chi connectivity index (χ2n) is 5.81. The van der Waals surface area contributed by atoms with E-state index in [1.54, 1.807) is 40.7 Å². The fourth-order valence-corrected chi connectivity index (χ4v) is 1.42. The summed E-state index contributed by atoms with van der Waals surface area (Å²) in [5.74, 6) is -0.607. The summed E-state index contributed by atoms with van der Waals surface area (Å²) in [5, 5.41) is 2.48. The number of carbonyl (C=O) groups excluding carboxylic acids is 2. The van der Waals surface area contributed by atoms with Crippen LogP contribution in [0.2, 0.25) is 0 Å². The molecule has 0 aliphatic rings. The highest BCUT2D eigenvalue weighted by Gasteiger charge is 2.39. The molecule has 1 amide bonds. The van der Waals surface area contributed by atoms with E-state index in [2.05, 4.69) is 11.9 Å². The van der Waals surface area contributed by atoms with Crippen molar-refractivity contribution in [2.45, 2.75) is 51.9 Å². The van der Waals surface area contributed by atoms with Crippen molar-refractivity contribution in [1.82, 2.24) is 5.32 Å². The van der Waals surface area contributed by atoms with Gasteiger partial charge in [-0.2, -0.15) is 0 Å². The van der Waals surface area contributed by atoms with Gasteiger partial charge in [0.15, 0.2) is 6.04 Å². The van der Waals surface area contributed by atoms with Crippen molar-refractivity contribution in [3.05, 3.63) is 12.7 Å². The Morgan fingerprint density at radius 1 is 1.25 bits per heavy atom. The molecule has 0 aromatic carbocycles. The van der Waals surface area contributed by atoms with Gasteiger partial charge in [-0.3, -0.25) is 0 Å². The van der Waals surface area contributed by atoms with E-state index in [0.717, 1.165) is 0 Å². The number of rotatable bonds is 6. The molecular weight excluding hydrogens is 262 g/mol. The topological polar surface area (TPSA) is 73.9 Å². The molecular formula is C14H25NO5. The smallest absolute Gasteiger partial charge is 0.408 e. The molecule has 0 spiro atoms. The minimum atomic E-state index is -0.984. The van der Waals surface area contributed by atoms with Gasteiger partial charge in [0.05, 0.1) is 19.3 Å². The van der Waals surface area contributed by atoms with Crippen molar-refractivity contribution in [3.8, 4) is 0 Å². The third-order valence-corrected chi connectivity index (χ3v) is 2.37. The monoisotopic (exact) mass is 287 g/mol. The lowest BCUT2D eigenvalue weighted by molar-refractivity contribution is -0.151. The summed E-state index contributed by atoms with van der Waals surface area (Å²) in [6, 6.07) is -0.984. The Balaban J connectivity index is 4.94. The Morgan fingerprint density at radius 2 is 1.80 bits per heavy atom. The van der Waals surface area contributed by atoms with Crippen molar-refractivity contribution in [1.29, 1.82) is 0 Å². The van der Waals surface area contributed by atoms with Gasteiger partial charge in [0.2, 0.25) is 0 Å². The third kappa shape index (κ3) is 6.56. The van der Waals surface area contributed by atoms with Crippen LogP contribution in [-0.2, 0) is 19.0 Å². The predicted octanol–water partition coefficient (Wildman–Crippen LogP) is 2.03. The van der Waals surface area contributed by atoms with Gasteiger partial charge in [0.1, 0.15) is 5.60 Å².